The monoisotopic (exact) mass is 492 g/mol. The number of sulfonamides is 1. The quantitative estimate of drug-likeness (QED) is 0.473. The first kappa shape index (κ1) is 25.5. The molecule has 1 saturated carbocycles. The van der Waals surface area contributed by atoms with Crippen molar-refractivity contribution in [2.75, 3.05) is 24.0 Å². The van der Waals surface area contributed by atoms with Crippen molar-refractivity contribution in [2.45, 2.75) is 63.4 Å². The van der Waals surface area contributed by atoms with Gasteiger partial charge in [-0.1, -0.05) is 36.9 Å². The predicted molar refractivity (Wildman–Crippen MR) is 132 cm³/mol. The molecule has 0 heterocycles. The van der Waals surface area contributed by atoms with Crippen LogP contribution in [0.1, 0.15) is 49.7 Å². The molecule has 0 unspecified atom stereocenters. The molecule has 0 spiro atoms. The van der Waals surface area contributed by atoms with E-state index in [1.54, 1.807) is 12.1 Å². The van der Waals surface area contributed by atoms with E-state index in [1.165, 1.54) is 43.5 Å². The van der Waals surface area contributed by atoms with Gasteiger partial charge < -0.3 is 10.1 Å². The molecule has 1 fully saturated rings. The number of amides is 1. The Hall–Kier alpha value is -2.09. The highest BCUT2D eigenvalue weighted by atomic mass is 35.5. The van der Waals surface area contributed by atoms with Crippen molar-refractivity contribution in [1.82, 2.24) is 5.32 Å². The summed E-state index contributed by atoms with van der Waals surface area (Å²) in [5.41, 5.74) is 2.44. The highest BCUT2D eigenvalue weighted by Gasteiger charge is 2.27. The lowest BCUT2D eigenvalue weighted by molar-refractivity contribution is -0.119. The van der Waals surface area contributed by atoms with Gasteiger partial charge in [0.25, 0.3) is 10.0 Å². The van der Waals surface area contributed by atoms with E-state index in [4.69, 9.17) is 16.3 Å². The van der Waals surface area contributed by atoms with Crippen molar-refractivity contribution in [1.29, 1.82) is 0 Å². The first-order valence-corrected chi connectivity index (χ1v) is 13.3. The van der Waals surface area contributed by atoms with Crippen LogP contribution in [-0.4, -0.2) is 40.1 Å². The molecular weight excluding hydrogens is 460 g/mol. The zero-order chi connectivity index (χ0) is 23.8. The lowest BCUT2D eigenvalue weighted by atomic mass is 9.98. The van der Waals surface area contributed by atoms with E-state index in [0.717, 1.165) is 28.3 Å². The molecule has 33 heavy (non-hydrogen) atoms. The maximum Gasteiger partial charge on any atom is 0.264 e. The van der Waals surface area contributed by atoms with Crippen LogP contribution in [0.15, 0.2) is 47.4 Å². The fourth-order valence-corrected chi connectivity index (χ4v) is 5.44. The summed E-state index contributed by atoms with van der Waals surface area (Å²) in [5.74, 6) is -0.358. The molecule has 8 heteroatoms. The number of hydrogen-bond acceptors (Lipinski definition) is 4. The van der Waals surface area contributed by atoms with Crippen LogP contribution in [0.3, 0.4) is 0 Å². The number of nitrogens with one attached hydrogen (secondary N) is 1. The second kappa shape index (κ2) is 11.9. The number of carbonyl (C=O) groups is 1. The Bertz CT molecular complexity index is 1030. The lowest BCUT2D eigenvalue weighted by Crippen LogP contribution is -2.41. The zero-order valence-corrected chi connectivity index (χ0v) is 20.9. The van der Waals surface area contributed by atoms with Crippen LogP contribution in [-0.2, 0) is 19.6 Å². The molecule has 1 aliphatic carbocycles. The summed E-state index contributed by atoms with van der Waals surface area (Å²) < 4.78 is 33.9. The summed E-state index contributed by atoms with van der Waals surface area (Å²) in [7, 11) is -3.96. The van der Waals surface area contributed by atoms with Crippen LogP contribution in [0.25, 0.3) is 0 Å². The molecule has 1 N–H and O–H groups in total. The number of hydrogen-bond donors (Lipinski definition) is 1. The van der Waals surface area contributed by atoms with Gasteiger partial charge in [-0.15, -0.1) is 0 Å². The van der Waals surface area contributed by atoms with Gasteiger partial charge in [0.1, 0.15) is 6.54 Å². The summed E-state index contributed by atoms with van der Waals surface area (Å²) in [6.07, 6.45) is 6.97. The van der Waals surface area contributed by atoms with Crippen LogP contribution in [0.4, 0.5) is 5.69 Å². The minimum atomic E-state index is -3.96. The second-order valence-electron chi connectivity index (χ2n) is 8.57. The SMILES string of the molecule is Cc1ccc(N(CC(=O)NCCCOC2CCCCC2)S(=O)(=O)c2ccc(Cl)cc2)cc1C. The number of nitrogens with zero attached hydrogens (tertiary/aromatic N) is 1. The van der Waals surface area contributed by atoms with Crippen LogP contribution >= 0.6 is 11.6 Å². The number of carbonyl (C=O) groups excluding carboxylic acids is 1. The number of anilines is 1. The molecule has 3 rings (SSSR count). The van der Waals surface area contributed by atoms with Crippen LogP contribution in [0.2, 0.25) is 5.02 Å². The minimum absolute atomic E-state index is 0.0822. The molecule has 1 amide bonds. The fourth-order valence-electron chi connectivity index (χ4n) is 3.90. The van der Waals surface area contributed by atoms with Gasteiger partial charge in [0.05, 0.1) is 16.7 Å². The summed E-state index contributed by atoms with van der Waals surface area (Å²) in [6.45, 7) is 4.59. The predicted octanol–water partition coefficient (Wildman–Crippen LogP) is 5.01. The molecule has 0 aliphatic heterocycles. The van der Waals surface area contributed by atoms with Crippen LogP contribution < -0.4 is 9.62 Å². The first-order valence-electron chi connectivity index (χ1n) is 11.5. The van der Waals surface area contributed by atoms with Gasteiger partial charge in [-0.2, -0.15) is 0 Å². The molecule has 0 saturated heterocycles. The maximum atomic E-state index is 13.4. The van der Waals surface area contributed by atoms with Gasteiger partial charge in [-0.25, -0.2) is 8.42 Å². The maximum absolute atomic E-state index is 13.4. The molecule has 2 aromatic carbocycles. The normalized spacial score (nSPS) is 14.8. The summed E-state index contributed by atoms with van der Waals surface area (Å²) >= 11 is 5.93. The van der Waals surface area contributed by atoms with Gasteiger partial charge in [-0.3, -0.25) is 9.10 Å². The largest absolute Gasteiger partial charge is 0.378 e. The molecule has 180 valence electrons. The molecule has 6 nitrogen and oxygen atoms in total. The summed E-state index contributed by atoms with van der Waals surface area (Å²) in [6, 6.07) is 11.3. The van der Waals surface area contributed by atoms with Crippen molar-refractivity contribution >= 4 is 33.2 Å². The molecule has 0 radical (unpaired) electrons. The van der Waals surface area contributed by atoms with E-state index in [0.29, 0.717) is 36.4 Å². The highest BCUT2D eigenvalue weighted by Crippen LogP contribution is 2.26. The number of ether oxygens (including phenoxy) is 1. The van der Waals surface area contributed by atoms with Gasteiger partial charge in [0, 0.05) is 18.2 Å². The minimum Gasteiger partial charge on any atom is -0.378 e. The summed E-state index contributed by atoms with van der Waals surface area (Å²) in [5, 5.41) is 3.28. The van der Waals surface area contributed by atoms with E-state index in [-0.39, 0.29) is 17.3 Å². The Morgan fingerprint density at radius 2 is 1.76 bits per heavy atom. The number of benzene rings is 2. The standard InChI is InChI=1S/C25H33ClN2O4S/c1-19-9-12-22(17-20(19)2)28(33(30,31)24-13-10-21(26)11-14-24)18-25(29)27-15-6-16-32-23-7-4-3-5-8-23/h9-14,17,23H,3-8,15-16,18H2,1-2H3,(H,27,29). The van der Waals surface area contributed by atoms with E-state index in [2.05, 4.69) is 5.32 Å². The summed E-state index contributed by atoms with van der Waals surface area (Å²) in [4.78, 5) is 12.8. The molecular formula is C25H33ClN2O4S. The number of aryl methyl sites for hydroxylation is 2. The first-order chi connectivity index (χ1) is 15.8. The van der Waals surface area contributed by atoms with E-state index < -0.39 is 10.0 Å². The Morgan fingerprint density at radius 3 is 2.42 bits per heavy atom. The van der Waals surface area contributed by atoms with Crippen molar-refractivity contribution in [3.05, 3.63) is 58.6 Å². The van der Waals surface area contributed by atoms with Crippen LogP contribution in [0, 0.1) is 13.8 Å². The van der Waals surface area contributed by atoms with Crippen molar-refractivity contribution in [2.24, 2.45) is 0 Å². The van der Waals surface area contributed by atoms with E-state index in [1.807, 2.05) is 19.9 Å². The van der Waals surface area contributed by atoms with Crippen LogP contribution in [0.5, 0.6) is 0 Å². The molecule has 0 aromatic heterocycles. The Morgan fingerprint density at radius 1 is 1.06 bits per heavy atom. The van der Waals surface area contributed by atoms with Gasteiger partial charge >= 0.3 is 0 Å². The van der Waals surface area contributed by atoms with E-state index >= 15 is 0 Å². The average Bonchev–Trinajstić information content (AvgIpc) is 2.80. The molecule has 0 bridgehead atoms. The molecule has 0 atom stereocenters. The molecule has 2 aromatic rings. The van der Waals surface area contributed by atoms with Crippen molar-refractivity contribution in [3.63, 3.8) is 0 Å². The third kappa shape index (κ3) is 7.19. The van der Waals surface area contributed by atoms with Gasteiger partial charge in [-0.05, 0) is 80.6 Å². The highest BCUT2D eigenvalue weighted by molar-refractivity contribution is 7.92. The third-order valence-corrected chi connectivity index (χ3v) is 8.06. The lowest BCUT2D eigenvalue weighted by Gasteiger charge is -2.25. The fraction of sp³-hybridized carbons (Fsp3) is 0.480. The number of rotatable bonds is 10. The smallest absolute Gasteiger partial charge is 0.264 e. The average molecular weight is 493 g/mol. The third-order valence-electron chi connectivity index (χ3n) is 6.02. The molecule has 1 aliphatic rings. The zero-order valence-electron chi connectivity index (χ0n) is 19.3. The Labute approximate surface area is 202 Å². The number of halogens is 1. The van der Waals surface area contributed by atoms with Gasteiger partial charge in [0.2, 0.25) is 5.91 Å². The van der Waals surface area contributed by atoms with Crippen molar-refractivity contribution < 1.29 is 17.9 Å². The second-order valence-corrected chi connectivity index (χ2v) is 10.9. The van der Waals surface area contributed by atoms with Crippen molar-refractivity contribution in [3.8, 4) is 0 Å². The Balaban J connectivity index is 1.65. The van der Waals surface area contributed by atoms with Gasteiger partial charge in [0.15, 0.2) is 0 Å². The Kier molecular flexibility index (Phi) is 9.18. The topological polar surface area (TPSA) is 75.7 Å². The van der Waals surface area contributed by atoms with E-state index in [9.17, 15) is 13.2 Å².